The number of hydrogen-bond acceptors (Lipinski definition) is 3. The van der Waals surface area contributed by atoms with Crippen LogP contribution in [0.2, 0.25) is 0 Å². The Kier molecular flexibility index (Phi) is 6.62. The molecule has 0 aromatic heterocycles. The van der Waals surface area contributed by atoms with E-state index >= 15 is 0 Å². The molecule has 0 amide bonds. The van der Waals surface area contributed by atoms with Crippen molar-refractivity contribution in [2.75, 3.05) is 13.7 Å². The number of methoxy groups -OCH3 is 1. The van der Waals surface area contributed by atoms with Crippen LogP contribution in [0, 0.1) is 0 Å². The van der Waals surface area contributed by atoms with Gasteiger partial charge in [0.1, 0.15) is 6.04 Å². The van der Waals surface area contributed by atoms with E-state index in [2.05, 4.69) is 97.1 Å². The van der Waals surface area contributed by atoms with E-state index in [0.29, 0.717) is 12.5 Å². The molecule has 0 N–H and O–H groups in total. The summed E-state index contributed by atoms with van der Waals surface area (Å²) >= 11 is 0. The molecule has 0 spiro atoms. The van der Waals surface area contributed by atoms with E-state index in [9.17, 15) is 0 Å². The van der Waals surface area contributed by atoms with E-state index in [1.54, 1.807) is 7.11 Å². The van der Waals surface area contributed by atoms with Crippen molar-refractivity contribution in [1.29, 1.82) is 0 Å². The second-order valence-electron chi connectivity index (χ2n) is 7.93. The Morgan fingerprint density at radius 1 is 0.727 bits per heavy atom. The summed E-state index contributed by atoms with van der Waals surface area (Å²) in [4.78, 5) is 5.08. The number of benzene rings is 4. The van der Waals surface area contributed by atoms with E-state index in [4.69, 9.17) is 14.5 Å². The third-order valence-corrected chi connectivity index (χ3v) is 8.25. The quantitative estimate of drug-likeness (QED) is 0.371. The maximum absolute atomic E-state index is 6.45. The molecular weight excluding hydrogens is 425 g/mol. The van der Waals surface area contributed by atoms with Gasteiger partial charge in [-0.15, -0.1) is 0 Å². The van der Waals surface area contributed by atoms with E-state index in [0.717, 1.165) is 11.1 Å². The topological polar surface area (TPSA) is 30.8 Å². The van der Waals surface area contributed by atoms with Gasteiger partial charge in [-0.2, -0.15) is 0 Å². The van der Waals surface area contributed by atoms with Gasteiger partial charge in [0.2, 0.25) is 5.90 Å². The molecule has 4 heteroatoms. The Morgan fingerprint density at radius 2 is 1.27 bits per heavy atom. The van der Waals surface area contributed by atoms with Gasteiger partial charge in [-0.1, -0.05) is 109 Å². The summed E-state index contributed by atoms with van der Waals surface area (Å²) in [7, 11) is 0.944. The van der Waals surface area contributed by atoms with Crippen LogP contribution in [-0.2, 0) is 9.47 Å². The van der Waals surface area contributed by atoms with E-state index in [-0.39, 0.29) is 12.1 Å². The molecule has 33 heavy (non-hydrogen) atoms. The van der Waals surface area contributed by atoms with Crippen molar-refractivity contribution < 1.29 is 9.47 Å². The number of hydrogen-bond donors (Lipinski definition) is 0. The fraction of sp³-hybridized carbons (Fsp3) is 0.138. The summed E-state index contributed by atoms with van der Waals surface area (Å²) in [5.41, 5.74) is 2.19. The minimum Gasteiger partial charge on any atom is -0.469 e. The molecule has 4 aromatic carbocycles. The lowest BCUT2D eigenvalue weighted by atomic mass is 10.0. The standard InChI is InChI=1S/C29H26NO2P/c1-31-21-26-28(22-13-5-2-6-14-22)30-29(32-26)25-19-11-12-20-27(25)33(23-15-7-3-8-16-23)24-17-9-4-10-18-24/h2-20,26,28H,21H2,1H3/t26-,28-/m1/s1. The lowest BCUT2D eigenvalue weighted by Gasteiger charge is -2.22. The molecule has 1 aliphatic rings. The van der Waals surface area contributed by atoms with Gasteiger partial charge < -0.3 is 9.47 Å². The molecule has 0 unspecified atom stereocenters. The van der Waals surface area contributed by atoms with Crippen LogP contribution < -0.4 is 15.9 Å². The highest BCUT2D eigenvalue weighted by molar-refractivity contribution is 7.80. The minimum absolute atomic E-state index is 0.0890. The zero-order chi connectivity index (χ0) is 22.5. The first kappa shape index (κ1) is 21.6. The molecule has 2 atom stereocenters. The van der Waals surface area contributed by atoms with Crippen molar-refractivity contribution >= 4 is 29.7 Å². The van der Waals surface area contributed by atoms with Gasteiger partial charge in [-0.05, 0) is 35.5 Å². The van der Waals surface area contributed by atoms with Gasteiger partial charge in [0, 0.05) is 12.7 Å². The summed E-state index contributed by atoms with van der Waals surface area (Å²) in [6.07, 6.45) is -0.153. The second kappa shape index (κ2) is 10.1. The highest BCUT2D eigenvalue weighted by atomic mass is 31.1. The second-order valence-corrected chi connectivity index (χ2v) is 10.1. The van der Waals surface area contributed by atoms with Gasteiger partial charge in [-0.3, -0.25) is 0 Å². The average molecular weight is 452 g/mol. The largest absolute Gasteiger partial charge is 0.469 e. The van der Waals surface area contributed by atoms with Crippen molar-refractivity contribution in [2.45, 2.75) is 12.1 Å². The fourth-order valence-corrected chi connectivity index (χ4v) is 6.68. The van der Waals surface area contributed by atoms with Crippen LogP contribution in [0.1, 0.15) is 17.2 Å². The summed E-state index contributed by atoms with van der Waals surface area (Å²) < 4.78 is 11.9. The summed E-state index contributed by atoms with van der Waals surface area (Å²) in [5.74, 6) is 0.695. The predicted octanol–water partition coefficient (Wildman–Crippen LogP) is 4.98. The summed E-state index contributed by atoms with van der Waals surface area (Å²) in [6.45, 7) is 0.487. The van der Waals surface area contributed by atoms with Crippen molar-refractivity contribution in [1.82, 2.24) is 0 Å². The van der Waals surface area contributed by atoms with Gasteiger partial charge >= 0.3 is 0 Å². The molecule has 0 fully saturated rings. The SMILES string of the molecule is COC[C@H]1OC(c2ccccc2P(c2ccccc2)c2ccccc2)=N[C@@H]1c1ccccc1. The number of rotatable bonds is 7. The molecule has 0 aliphatic carbocycles. The van der Waals surface area contributed by atoms with Gasteiger partial charge in [0.15, 0.2) is 6.10 Å². The van der Waals surface area contributed by atoms with E-state index in [1.165, 1.54) is 15.9 Å². The van der Waals surface area contributed by atoms with Crippen LogP contribution in [-0.4, -0.2) is 25.7 Å². The van der Waals surface area contributed by atoms with E-state index in [1.807, 2.05) is 18.2 Å². The van der Waals surface area contributed by atoms with Crippen LogP contribution in [0.3, 0.4) is 0 Å². The number of ether oxygens (including phenoxy) is 2. The molecule has 164 valence electrons. The molecule has 5 rings (SSSR count). The molecule has 0 bridgehead atoms. The summed E-state index contributed by atoms with van der Waals surface area (Å²) in [6, 6.07) is 40.2. The summed E-state index contributed by atoms with van der Waals surface area (Å²) in [5, 5.41) is 3.85. The van der Waals surface area contributed by atoms with Crippen molar-refractivity contribution in [3.05, 3.63) is 126 Å². The van der Waals surface area contributed by atoms with Crippen LogP contribution in [0.15, 0.2) is 120 Å². The number of aliphatic imine (C=N–C) groups is 1. The molecular formula is C29H26NO2P. The smallest absolute Gasteiger partial charge is 0.217 e. The molecule has 0 saturated heterocycles. The predicted molar refractivity (Wildman–Crippen MR) is 138 cm³/mol. The third-order valence-electron chi connectivity index (χ3n) is 5.75. The Bertz CT molecular complexity index is 1170. The average Bonchev–Trinajstić information content (AvgIpc) is 3.30. The Labute approximate surface area is 196 Å². The van der Waals surface area contributed by atoms with Crippen molar-refractivity contribution in [2.24, 2.45) is 4.99 Å². The molecule has 1 heterocycles. The molecule has 1 aliphatic heterocycles. The van der Waals surface area contributed by atoms with Crippen LogP contribution in [0.5, 0.6) is 0 Å². The lowest BCUT2D eigenvalue weighted by molar-refractivity contribution is 0.0742. The van der Waals surface area contributed by atoms with Crippen LogP contribution >= 0.6 is 7.92 Å². The third kappa shape index (κ3) is 4.61. The highest BCUT2D eigenvalue weighted by Gasteiger charge is 2.34. The normalized spacial score (nSPS) is 17.6. The molecule has 0 radical (unpaired) electrons. The Balaban J connectivity index is 1.61. The zero-order valence-electron chi connectivity index (χ0n) is 18.5. The molecule has 4 aromatic rings. The number of nitrogens with zero attached hydrogens (tertiary/aromatic N) is 1. The fourth-order valence-electron chi connectivity index (χ4n) is 4.24. The van der Waals surface area contributed by atoms with Gasteiger partial charge in [0.05, 0.1) is 6.61 Å². The zero-order valence-corrected chi connectivity index (χ0v) is 19.4. The highest BCUT2D eigenvalue weighted by Crippen LogP contribution is 2.37. The van der Waals surface area contributed by atoms with Crippen LogP contribution in [0.4, 0.5) is 0 Å². The van der Waals surface area contributed by atoms with Gasteiger partial charge in [-0.25, -0.2) is 4.99 Å². The first-order chi connectivity index (χ1) is 16.3. The molecule has 0 saturated carbocycles. The molecule has 3 nitrogen and oxygen atoms in total. The first-order valence-electron chi connectivity index (χ1n) is 11.1. The lowest BCUT2D eigenvalue weighted by Crippen LogP contribution is -2.27. The van der Waals surface area contributed by atoms with Gasteiger partial charge in [0.25, 0.3) is 0 Å². The van der Waals surface area contributed by atoms with E-state index < -0.39 is 7.92 Å². The van der Waals surface area contributed by atoms with Crippen molar-refractivity contribution in [3.8, 4) is 0 Å². The maximum atomic E-state index is 6.45. The Hall–Kier alpha value is -3.26. The maximum Gasteiger partial charge on any atom is 0.217 e. The Morgan fingerprint density at radius 3 is 1.88 bits per heavy atom. The van der Waals surface area contributed by atoms with Crippen LogP contribution in [0.25, 0.3) is 0 Å². The van der Waals surface area contributed by atoms with Crippen molar-refractivity contribution in [3.63, 3.8) is 0 Å². The minimum atomic E-state index is -0.766. The first-order valence-corrected chi connectivity index (χ1v) is 12.5. The monoisotopic (exact) mass is 451 g/mol.